The summed E-state index contributed by atoms with van der Waals surface area (Å²) in [5.41, 5.74) is 0.833. The Balaban J connectivity index is 0.000000239. The number of nitrogens with one attached hydrogen (secondary N) is 1. The first-order valence-corrected chi connectivity index (χ1v) is 43.3. The van der Waals surface area contributed by atoms with Gasteiger partial charge in [0, 0.05) is 77.2 Å². The van der Waals surface area contributed by atoms with Crippen molar-refractivity contribution >= 4 is 132 Å². The van der Waals surface area contributed by atoms with Crippen LogP contribution in [-0.2, 0) is 38.2 Å². The van der Waals surface area contributed by atoms with Gasteiger partial charge in [-0.05, 0) is 265 Å². The number of likely N-dealkylation sites (N-methyl/N-ethyl adjacent to an activating group) is 3. The van der Waals surface area contributed by atoms with Gasteiger partial charge >= 0.3 is 23.9 Å². The second-order valence-electron chi connectivity index (χ2n) is 33.4. The predicted octanol–water partition coefficient (Wildman–Crippen LogP) is 18.3. The summed E-state index contributed by atoms with van der Waals surface area (Å²) in [6.45, 7) is 38.7. The van der Waals surface area contributed by atoms with E-state index in [2.05, 4.69) is 87.2 Å². The van der Waals surface area contributed by atoms with Gasteiger partial charge in [-0.1, -0.05) is 61.2 Å². The van der Waals surface area contributed by atoms with Crippen LogP contribution in [0.1, 0.15) is 285 Å². The number of methoxy groups -OCH3 is 3. The number of carbonyl (C=O) groups is 9. The molecule has 2 saturated carbocycles. The minimum absolute atomic E-state index is 0.0353. The molecule has 0 unspecified atom stereocenters. The summed E-state index contributed by atoms with van der Waals surface area (Å²) in [4.78, 5) is 130. The molecule has 3 aliphatic heterocycles. The van der Waals surface area contributed by atoms with E-state index in [1.165, 1.54) is 55.3 Å². The first-order valence-electron chi connectivity index (χ1n) is 39.3. The van der Waals surface area contributed by atoms with E-state index < -0.39 is 30.0 Å². The zero-order chi connectivity index (χ0) is 82.5. The number of ether oxygens (including phenoxy) is 3. The summed E-state index contributed by atoms with van der Waals surface area (Å²) in [5, 5.41) is 13.3. The molecule has 2 N–H and O–H groups in total. The van der Waals surface area contributed by atoms with E-state index in [-0.39, 0.29) is 79.9 Å². The van der Waals surface area contributed by atoms with Gasteiger partial charge in [0.1, 0.15) is 37.6 Å². The van der Waals surface area contributed by atoms with Crippen LogP contribution in [0, 0.1) is 92.7 Å². The van der Waals surface area contributed by atoms with Crippen molar-refractivity contribution in [2.24, 2.45) is 45.3 Å². The lowest BCUT2D eigenvalue weighted by atomic mass is 9.82. The summed E-state index contributed by atoms with van der Waals surface area (Å²) in [6, 6.07) is 5.60. The van der Waals surface area contributed by atoms with Crippen molar-refractivity contribution in [1.29, 1.82) is 0 Å². The van der Waals surface area contributed by atoms with Gasteiger partial charge in [0.2, 0.25) is 29.5 Å². The van der Waals surface area contributed by atoms with E-state index in [1.54, 1.807) is 20.8 Å². The van der Waals surface area contributed by atoms with Gasteiger partial charge in [-0.25, -0.2) is 19.2 Å². The maximum absolute atomic E-state index is 14.1. The number of amides is 5. The van der Waals surface area contributed by atoms with E-state index in [9.17, 15) is 48.3 Å². The van der Waals surface area contributed by atoms with Crippen LogP contribution in [0.2, 0.25) is 0 Å². The number of nitrogens with zero attached hydrogens (tertiary/aromatic N) is 5. The van der Waals surface area contributed by atoms with Crippen molar-refractivity contribution < 1.29 is 62.5 Å². The van der Waals surface area contributed by atoms with Crippen LogP contribution in [0.15, 0.2) is 28.7 Å². The molecule has 5 aliphatic rings. The Hall–Kier alpha value is -7.45. The number of aromatic carboxylic acids is 1. The third-order valence-corrected chi connectivity index (χ3v) is 24.5. The number of halogens is 1. The molecule has 9 rings (SSSR count). The molecule has 0 bridgehead atoms. The van der Waals surface area contributed by atoms with Crippen molar-refractivity contribution in [1.82, 2.24) is 14.7 Å². The van der Waals surface area contributed by atoms with Crippen LogP contribution in [0.4, 0.5) is 17.1 Å². The number of hydrogen-bond donors (Lipinski definition) is 2. The van der Waals surface area contributed by atoms with E-state index in [0.717, 1.165) is 128 Å². The number of carbonyl (C=O) groups excluding carboxylic acids is 8. The Morgan fingerprint density at radius 2 is 0.784 bits per heavy atom. The molecule has 5 amide bonds. The SMILES string of the molecule is CCN1CCCC[C@@H](N(C(=O)C2CCC(C)CC2)c2cc(C#CC(C)(C)C)sc2C(=O)O)C1=O.CCN1CCCC[C@@H](N(C(=O)C2CCC(C)CC2)c2cc(C#CC(C)(C)C)sc2C(=O)OC)C1=O.CCN1CCCC[C@@H](Nc2cc(C#CC(C)(C)C)sc2C(=O)OC)C1=O.COC(=O)c1sc(C#CC(C)(C)C)cc1Br. The molecular weight excluding hydrogens is 1550 g/mol. The van der Waals surface area contributed by atoms with Crippen LogP contribution in [0.25, 0.3) is 0 Å². The monoisotopic (exact) mass is 1660 g/mol. The number of thiophene rings is 4. The summed E-state index contributed by atoms with van der Waals surface area (Å²) >= 11 is 8.28. The molecule has 0 spiro atoms. The molecule has 0 radical (unpaired) electrons. The Morgan fingerprint density at radius 3 is 1.16 bits per heavy atom. The molecule has 4 aromatic rings. The lowest BCUT2D eigenvalue weighted by Gasteiger charge is -2.36. The van der Waals surface area contributed by atoms with Gasteiger partial charge in [-0.3, -0.25) is 33.8 Å². The molecule has 3 atom stereocenters. The average molecular weight is 1670 g/mol. The molecule has 4 aromatic heterocycles. The third kappa shape index (κ3) is 27.7. The molecule has 5 fully saturated rings. The molecule has 19 nitrogen and oxygen atoms in total. The van der Waals surface area contributed by atoms with Crippen molar-refractivity contribution in [3.63, 3.8) is 0 Å². The average Bonchev–Trinajstić information content (AvgIpc) is 1.69. The number of esters is 3. The fourth-order valence-electron chi connectivity index (χ4n) is 13.4. The fraction of sp³-hybridized carbons (Fsp3) is 0.621. The summed E-state index contributed by atoms with van der Waals surface area (Å²) < 4.78 is 15.4. The molecule has 606 valence electrons. The molecule has 2 aliphatic carbocycles. The van der Waals surface area contributed by atoms with Crippen molar-refractivity contribution in [2.75, 3.05) is 75.7 Å². The minimum atomic E-state index is -1.09. The Kier molecular flexibility index (Phi) is 35.0. The Morgan fingerprint density at radius 1 is 0.459 bits per heavy atom. The van der Waals surface area contributed by atoms with E-state index >= 15 is 0 Å². The zero-order valence-electron chi connectivity index (χ0n) is 69.2. The first-order chi connectivity index (χ1) is 52.1. The zero-order valence-corrected chi connectivity index (χ0v) is 74.1. The predicted molar refractivity (Wildman–Crippen MR) is 452 cm³/mol. The number of likely N-dealkylation sites (tertiary alicyclic amines) is 3. The van der Waals surface area contributed by atoms with Gasteiger partial charge in [0.15, 0.2) is 0 Å². The second-order valence-corrected chi connectivity index (χ2v) is 38.4. The Labute approximate surface area is 685 Å². The van der Waals surface area contributed by atoms with Crippen LogP contribution in [-0.4, -0.2) is 152 Å². The van der Waals surface area contributed by atoms with Gasteiger partial charge in [-0.2, -0.15) is 0 Å². The van der Waals surface area contributed by atoms with Crippen LogP contribution < -0.4 is 15.1 Å². The van der Waals surface area contributed by atoms with E-state index in [1.807, 2.05) is 132 Å². The van der Waals surface area contributed by atoms with Gasteiger partial charge in [0.25, 0.3) is 0 Å². The second kappa shape index (κ2) is 42.1. The number of anilines is 3. The van der Waals surface area contributed by atoms with Crippen molar-refractivity contribution in [2.45, 2.75) is 245 Å². The summed E-state index contributed by atoms with van der Waals surface area (Å²) in [6.07, 6.45) is 14.5. The standard InChI is InChI=1S/C28H40N2O4S.C27H38N2O4S.C20H28N2O3S.C12H13BrO2S/c1-7-29-17-9-8-10-22(26(29)32)30(25(31)20-13-11-19(2)12-14-20)23-18-21(15-16-28(3,4)5)35-24(23)27(33)34-6;1-6-28-16-8-7-9-21(25(28)31)29(24(30)19-12-10-18(2)11-13-19)22-17-20(14-15-27(3,4)5)34-23(22)26(32)33;1-6-22-12-8-7-9-15(18(22)23)21-16-13-14(10-11-20(2,3)4)26-17(16)19(24)25-5;1-12(2,3)6-5-8-7-9(13)10(16-8)11(14)15-4/h18-20,22H,7-14,17H2,1-6H3;17-19,21H,6-13,16H2,1-5H3,(H,32,33);13,15,21H,6-9,12H2,1-5H3;7H,1-4H3/t19?,20?,22-;18?,19?,21-;15-;/m111./s1. The number of carboxylic acid groups (broad SMARTS) is 1. The highest BCUT2D eigenvalue weighted by Gasteiger charge is 2.43. The highest BCUT2D eigenvalue weighted by molar-refractivity contribution is 9.10. The maximum Gasteiger partial charge on any atom is 0.350 e. The minimum Gasteiger partial charge on any atom is -0.477 e. The van der Waals surface area contributed by atoms with Gasteiger partial charge in [-0.15, -0.1) is 45.3 Å². The molecular formula is C87H119BrN6O13S4. The number of hydrogen-bond acceptors (Lipinski definition) is 17. The van der Waals surface area contributed by atoms with E-state index in [0.29, 0.717) is 98.8 Å². The number of rotatable bonds is 15. The molecule has 0 aromatic carbocycles. The first kappa shape index (κ1) is 92.4. The maximum atomic E-state index is 14.1. The molecule has 7 heterocycles. The van der Waals surface area contributed by atoms with Crippen molar-refractivity contribution in [3.8, 4) is 47.4 Å². The molecule has 111 heavy (non-hydrogen) atoms. The smallest absolute Gasteiger partial charge is 0.350 e. The van der Waals surface area contributed by atoms with Gasteiger partial charge < -0.3 is 39.3 Å². The van der Waals surface area contributed by atoms with Crippen LogP contribution >= 0.6 is 61.3 Å². The van der Waals surface area contributed by atoms with E-state index in [4.69, 9.17) is 9.47 Å². The lowest BCUT2D eigenvalue weighted by Crippen LogP contribution is -2.52. The fourth-order valence-corrected chi connectivity index (χ4v) is 17.7. The highest BCUT2D eigenvalue weighted by Crippen LogP contribution is 2.41. The highest BCUT2D eigenvalue weighted by atomic mass is 79.9. The molecule has 3 saturated heterocycles. The lowest BCUT2D eigenvalue weighted by molar-refractivity contribution is -0.135. The summed E-state index contributed by atoms with van der Waals surface area (Å²) in [5.74, 6) is 23.5. The normalized spacial score (nSPS) is 20.3. The number of carboxylic acids is 1. The molecule has 24 heteroatoms. The Bertz CT molecular complexity index is 4190. The topological polar surface area (TPSA) is 230 Å². The van der Waals surface area contributed by atoms with Crippen LogP contribution in [0.5, 0.6) is 0 Å². The third-order valence-electron chi connectivity index (χ3n) is 19.5. The van der Waals surface area contributed by atoms with Crippen LogP contribution in [0.3, 0.4) is 0 Å². The quantitative estimate of drug-likeness (QED) is 0.0641. The van der Waals surface area contributed by atoms with Crippen molar-refractivity contribution in [3.05, 3.63) is 67.8 Å². The largest absolute Gasteiger partial charge is 0.477 e. The van der Waals surface area contributed by atoms with Gasteiger partial charge in [0.05, 0.1) is 57.9 Å². The summed E-state index contributed by atoms with van der Waals surface area (Å²) in [7, 11) is 4.08.